The van der Waals surface area contributed by atoms with Gasteiger partial charge in [0.2, 0.25) is 5.91 Å². The Balaban J connectivity index is 2.60. The molecular weight excluding hydrogens is 264 g/mol. The fourth-order valence-electron chi connectivity index (χ4n) is 2.25. The molecule has 0 aromatic heterocycles. The fraction of sp³-hybridized carbons (Fsp3) is 0.385. The van der Waals surface area contributed by atoms with Gasteiger partial charge in [-0.1, -0.05) is 0 Å². The highest BCUT2D eigenvalue weighted by molar-refractivity contribution is 6.05. The first-order valence-electron chi connectivity index (χ1n) is 6.03. The van der Waals surface area contributed by atoms with E-state index in [1.165, 1.54) is 31.3 Å². The number of benzene rings is 1. The quantitative estimate of drug-likeness (QED) is 0.831. The number of carbonyl (C=O) groups excluding carboxylic acids is 1. The Labute approximate surface area is 115 Å². The van der Waals surface area contributed by atoms with Crippen molar-refractivity contribution < 1.29 is 24.2 Å². The molecule has 7 heteroatoms. The van der Waals surface area contributed by atoms with Crippen LogP contribution >= 0.6 is 0 Å². The lowest BCUT2D eigenvalue weighted by atomic mass is 10.1. The van der Waals surface area contributed by atoms with Crippen molar-refractivity contribution in [1.29, 1.82) is 0 Å². The molecule has 1 saturated heterocycles. The largest absolute Gasteiger partial charge is 0.497 e. The number of methoxy groups -OCH3 is 2. The lowest BCUT2D eigenvalue weighted by Gasteiger charge is -2.21. The van der Waals surface area contributed by atoms with Crippen molar-refractivity contribution in [3.05, 3.63) is 17.7 Å². The number of amides is 1. The summed E-state index contributed by atoms with van der Waals surface area (Å²) in [6, 6.07) is 2.66. The number of rotatable bonds is 4. The third-order valence-electron chi connectivity index (χ3n) is 3.17. The summed E-state index contributed by atoms with van der Waals surface area (Å²) >= 11 is 0. The molecule has 1 aromatic rings. The van der Waals surface area contributed by atoms with Crippen molar-refractivity contribution in [3.63, 3.8) is 0 Å². The van der Waals surface area contributed by atoms with E-state index in [1.807, 2.05) is 0 Å². The summed E-state index contributed by atoms with van der Waals surface area (Å²) in [5.41, 5.74) is 5.92. The van der Waals surface area contributed by atoms with Gasteiger partial charge in [-0.3, -0.25) is 4.79 Å². The summed E-state index contributed by atoms with van der Waals surface area (Å²) in [7, 11) is 2.82. The summed E-state index contributed by atoms with van der Waals surface area (Å²) in [5.74, 6) is -0.835. The van der Waals surface area contributed by atoms with E-state index < -0.39 is 5.97 Å². The second kappa shape index (κ2) is 5.38. The van der Waals surface area contributed by atoms with Crippen molar-refractivity contribution >= 4 is 17.6 Å². The molecule has 1 aliphatic rings. The lowest BCUT2D eigenvalue weighted by molar-refractivity contribution is -0.117. The molecule has 0 spiro atoms. The van der Waals surface area contributed by atoms with Crippen LogP contribution in [0.25, 0.3) is 0 Å². The summed E-state index contributed by atoms with van der Waals surface area (Å²) in [5, 5.41) is 9.36. The Morgan fingerprint density at radius 1 is 1.40 bits per heavy atom. The Morgan fingerprint density at radius 2 is 2.10 bits per heavy atom. The molecule has 0 aliphatic carbocycles. The van der Waals surface area contributed by atoms with E-state index in [2.05, 4.69) is 0 Å². The number of nitrogens with two attached hydrogens (primary N) is 1. The Hall–Kier alpha value is -2.28. The van der Waals surface area contributed by atoms with Crippen LogP contribution in [0.3, 0.4) is 0 Å². The highest BCUT2D eigenvalue weighted by Gasteiger charge is 2.32. The molecule has 3 N–H and O–H groups in total. The number of ether oxygens (including phenoxy) is 2. The Morgan fingerprint density at radius 3 is 2.55 bits per heavy atom. The molecular formula is C13H16N2O5. The van der Waals surface area contributed by atoms with Gasteiger partial charge >= 0.3 is 5.97 Å². The monoisotopic (exact) mass is 280 g/mol. The minimum atomic E-state index is -1.17. The maximum atomic E-state index is 11.9. The van der Waals surface area contributed by atoms with E-state index >= 15 is 0 Å². The number of hydrogen-bond donors (Lipinski definition) is 2. The van der Waals surface area contributed by atoms with E-state index in [1.54, 1.807) is 0 Å². The third kappa shape index (κ3) is 2.39. The topological polar surface area (TPSA) is 102 Å². The number of anilines is 1. The minimum absolute atomic E-state index is 0.0734. The van der Waals surface area contributed by atoms with E-state index in [0.717, 1.165) is 0 Å². The Kier molecular flexibility index (Phi) is 3.80. The van der Waals surface area contributed by atoms with Gasteiger partial charge < -0.3 is 25.2 Å². The summed E-state index contributed by atoms with van der Waals surface area (Å²) in [6.07, 6.45) is 0.193. The molecule has 1 fully saturated rings. The molecule has 0 saturated carbocycles. The smallest absolute Gasteiger partial charge is 0.341 e. The van der Waals surface area contributed by atoms with Gasteiger partial charge in [0.05, 0.1) is 19.9 Å². The SMILES string of the molecule is COc1cc(OC)c(C(=O)O)c(N2CC(N)CC2=O)c1. The predicted molar refractivity (Wildman–Crippen MR) is 71.5 cm³/mol. The van der Waals surface area contributed by atoms with Crippen LogP contribution in [0.2, 0.25) is 0 Å². The van der Waals surface area contributed by atoms with Crippen LogP contribution in [0.1, 0.15) is 16.8 Å². The zero-order valence-corrected chi connectivity index (χ0v) is 11.3. The molecule has 2 rings (SSSR count). The molecule has 1 heterocycles. The van der Waals surface area contributed by atoms with E-state index in [-0.39, 0.29) is 41.9 Å². The summed E-state index contributed by atoms with van der Waals surface area (Å²) < 4.78 is 10.2. The van der Waals surface area contributed by atoms with Crippen molar-refractivity contribution in [2.75, 3.05) is 25.7 Å². The van der Waals surface area contributed by atoms with Gasteiger partial charge in [-0.15, -0.1) is 0 Å². The average Bonchev–Trinajstić information content (AvgIpc) is 2.75. The number of nitrogens with zero attached hydrogens (tertiary/aromatic N) is 1. The first kappa shape index (κ1) is 14.1. The van der Waals surface area contributed by atoms with Gasteiger partial charge in [0, 0.05) is 31.1 Å². The van der Waals surface area contributed by atoms with E-state index in [0.29, 0.717) is 5.75 Å². The summed E-state index contributed by atoms with van der Waals surface area (Å²) in [4.78, 5) is 24.7. The molecule has 20 heavy (non-hydrogen) atoms. The van der Waals surface area contributed by atoms with Crippen LogP contribution < -0.4 is 20.1 Å². The lowest BCUT2D eigenvalue weighted by Crippen LogP contribution is -2.29. The Bertz CT molecular complexity index is 558. The van der Waals surface area contributed by atoms with Crippen LogP contribution in [0, 0.1) is 0 Å². The second-order valence-electron chi connectivity index (χ2n) is 4.50. The van der Waals surface area contributed by atoms with Gasteiger partial charge in [-0.2, -0.15) is 0 Å². The number of carbonyl (C=O) groups is 2. The van der Waals surface area contributed by atoms with E-state index in [9.17, 15) is 14.7 Å². The van der Waals surface area contributed by atoms with Crippen molar-refractivity contribution in [3.8, 4) is 11.5 Å². The first-order valence-corrected chi connectivity index (χ1v) is 6.03. The zero-order valence-electron chi connectivity index (χ0n) is 11.3. The van der Waals surface area contributed by atoms with Crippen LogP contribution in [0.4, 0.5) is 5.69 Å². The minimum Gasteiger partial charge on any atom is -0.497 e. The van der Waals surface area contributed by atoms with Crippen molar-refractivity contribution in [2.45, 2.75) is 12.5 Å². The molecule has 108 valence electrons. The molecule has 1 amide bonds. The number of carboxylic acid groups (broad SMARTS) is 1. The first-order chi connectivity index (χ1) is 9.47. The highest BCUT2D eigenvalue weighted by Crippen LogP contribution is 2.36. The van der Waals surface area contributed by atoms with Crippen LogP contribution in [0.15, 0.2) is 12.1 Å². The molecule has 1 aromatic carbocycles. The fourth-order valence-corrected chi connectivity index (χ4v) is 2.25. The molecule has 0 bridgehead atoms. The molecule has 1 atom stereocenters. The van der Waals surface area contributed by atoms with Gasteiger partial charge in [0.15, 0.2) is 0 Å². The molecule has 1 aliphatic heterocycles. The zero-order chi connectivity index (χ0) is 14.9. The van der Waals surface area contributed by atoms with Gasteiger partial charge in [0.1, 0.15) is 17.1 Å². The number of hydrogen-bond acceptors (Lipinski definition) is 5. The number of carboxylic acids is 1. The molecule has 1 unspecified atom stereocenters. The van der Waals surface area contributed by atoms with Crippen LogP contribution in [-0.4, -0.2) is 43.8 Å². The predicted octanol–water partition coefficient (Wildman–Crippen LogP) is 0.466. The van der Waals surface area contributed by atoms with Gasteiger partial charge in [0.25, 0.3) is 0 Å². The van der Waals surface area contributed by atoms with Crippen molar-refractivity contribution in [2.24, 2.45) is 5.73 Å². The van der Waals surface area contributed by atoms with Crippen molar-refractivity contribution in [1.82, 2.24) is 0 Å². The van der Waals surface area contributed by atoms with Gasteiger partial charge in [-0.25, -0.2) is 4.79 Å². The highest BCUT2D eigenvalue weighted by atomic mass is 16.5. The maximum absolute atomic E-state index is 11.9. The van der Waals surface area contributed by atoms with Crippen LogP contribution in [0.5, 0.6) is 11.5 Å². The second-order valence-corrected chi connectivity index (χ2v) is 4.50. The third-order valence-corrected chi connectivity index (χ3v) is 3.17. The van der Waals surface area contributed by atoms with Crippen LogP contribution in [-0.2, 0) is 4.79 Å². The van der Waals surface area contributed by atoms with E-state index in [4.69, 9.17) is 15.2 Å². The standard InChI is InChI=1S/C13H16N2O5/c1-19-8-4-9(15-6-7(14)3-11(15)16)12(13(17)18)10(5-8)20-2/h4-5,7H,3,6,14H2,1-2H3,(H,17,18). The molecule has 0 radical (unpaired) electrons. The number of aromatic carboxylic acids is 1. The normalized spacial score (nSPS) is 18.2. The molecule has 7 nitrogen and oxygen atoms in total. The summed E-state index contributed by atoms with van der Waals surface area (Å²) in [6.45, 7) is 0.273. The maximum Gasteiger partial charge on any atom is 0.341 e. The van der Waals surface area contributed by atoms with Gasteiger partial charge in [-0.05, 0) is 0 Å². The average molecular weight is 280 g/mol.